The van der Waals surface area contributed by atoms with E-state index in [4.69, 9.17) is 4.74 Å². The van der Waals surface area contributed by atoms with Crippen molar-refractivity contribution in [2.45, 2.75) is 63.5 Å². The molecular formula is C30H36N4O2. The third-order valence-electron chi connectivity index (χ3n) is 9.15. The van der Waals surface area contributed by atoms with E-state index in [0.29, 0.717) is 11.6 Å². The van der Waals surface area contributed by atoms with E-state index in [0.717, 1.165) is 68.2 Å². The molecule has 2 aromatic rings. The van der Waals surface area contributed by atoms with E-state index >= 15 is 0 Å². The minimum absolute atomic E-state index is 0.0196. The summed E-state index contributed by atoms with van der Waals surface area (Å²) in [6, 6.07) is 13.1. The van der Waals surface area contributed by atoms with Gasteiger partial charge in [0, 0.05) is 60.6 Å². The molecule has 0 bridgehead atoms. The predicted octanol–water partition coefficient (Wildman–Crippen LogP) is 4.47. The fourth-order valence-corrected chi connectivity index (χ4v) is 7.04. The van der Waals surface area contributed by atoms with Gasteiger partial charge in [-0.3, -0.25) is 9.69 Å². The molecule has 6 heteroatoms. The number of Topliss-reactive ketones (excluding diaryl/α,β-unsaturated/α-hetero) is 1. The Morgan fingerprint density at radius 2 is 1.86 bits per heavy atom. The second-order valence-corrected chi connectivity index (χ2v) is 11.3. The van der Waals surface area contributed by atoms with Crippen molar-refractivity contribution >= 4 is 17.2 Å². The van der Waals surface area contributed by atoms with E-state index < -0.39 is 0 Å². The number of morpholine rings is 1. The van der Waals surface area contributed by atoms with E-state index in [1.165, 1.54) is 24.1 Å². The lowest BCUT2D eigenvalue weighted by atomic mass is 9.63. The van der Waals surface area contributed by atoms with Crippen LogP contribution in [0.5, 0.6) is 0 Å². The molecule has 0 radical (unpaired) electrons. The minimum atomic E-state index is -0.229. The molecule has 0 unspecified atom stereocenters. The number of nitrogens with one attached hydrogen (secondary N) is 1. The Kier molecular flexibility index (Phi) is 5.81. The Morgan fingerprint density at radius 3 is 2.56 bits per heavy atom. The number of nitriles is 1. The number of piperidine rings is 1. The predicted molar refractivity (Wildman–Crippen MR) is 142 cm³/mol. The van der Waals surface area contributed by atoms with Crippen LogP contribution in [0.15, 0.2) is 30.3 Å². The summed E-state index contributed by atoms with van der Waals surface area (Å²) in [5.41, 5.74) is 6.95. The molecule has 6 rings (SSSR count). The summed E-state index contributed by atoms with van der Waals surface area (Å²) < 4.78 is 5.56. The fraction of sp³-hybridized carbons (Fsp3) is 0.533. The van der Waals surface area contributed by atoms with Crippen molar-refractivity contribution in [1.29, 1.82) is 5.26 Å². The van der Waals surface area contributed by atoms with E-state index in [2.05, 4.69) is 54.1 Å². The molecule has 4 aliphatic rings. The molecule has 0 spiro atoms. The van der Waals surface area contributed by atoms with Crippen LogP contribution < -0.4 is 10.2 Å². The third kappa shape index (κ3) is 3.64. The monoisotopic (exact) mass is 484 g/mol. The van der Waals surface area contributed by atoms with Crippen molar-refractivity contribution in [3.8, 4) is 6.07 Å². The first-order valence-electron chi connectivity index (χ1n) is 13.5. The second-order valence-electron chi connectivity index (χ2n) is 11.3. The highest BCUT2D eigenvalue weighted by molar-refractivity contribution is 6.07. The van der Waals surface area contributed by atoms with Gasteiger partial charge in [-0.15, -0.1) is 0 Å². The van der Waals surface area contributed by atoms with Gasteiger partial charge in [0.2, 0.25) is 0 Å². The molecular weight excluding hydrogens is 448 g/mol. The Bertz CT molecular complexity index is 1230. The van der Waals surface area contributed by atoms with E-state index in [9.17, 15) is 10.1 Å². The number of fused-ring (bicyclic) bond motifs is 4. The maximum atomic E-state index is 13.9. The lowest BCUT2D eigenvalue weighted by molar-refractivity contribution is 0.0115. The molecule has 3 aliphatic heterocycles. The molecule has 2 saturated heterocycles. The zero-order chi connectivity index (χ0) is 25.0. The molecule has 36 heavy (non-hydrogen) atoms. The summed E-state index contributed by atoms with van der Waals surface area (Å²) in [5, 5.41) is 13.0. The minimum Gasteiger partial charge on any atom is -0.380 e. The van der Waals surface area contributed by atoms with Crippen LogP contribution in [0.4, 0.5) is 11.4 Å². The number of anilines is 2. The lowest BCUT2D eigenvalue weighted by Crippen LogP contribution is -2.50. The maximum Gasteiger partial charge on any atom is 0.172 e. The highest BCUT2D eigenvalue weighted by Gasteiger charge is 2.51. The number of hydrogen-bond donors (Lipinski definition) is 1. The first-order chi connectivity index (χ1) is 17.4. The highest BCUT2D eigenvalue weighted by atomic mass is 16.5. The van der Waals surface area contributed by atoms with Gasteiger partial charge in [-0.25, -0.2) is 0 Å². The van der Waals surface area contributed by atoms with Gasteiger partial charge in [0.15, 0.2) is 5.78 Å². The molecule has 1 N–H and O–H groups in total. The van der Waals surface area contributed by atoms with Crippen LogP contribution in [0, 0.1) is 11.3 Å². The number of aryl methyl sites for hydroxylation is 1. The van der Waals surface area contributed by atoms with E-state index in [1.807, 2.05) is 18.2 Å². The summed E-state index contributed by atoms with van der Waals surface area (Å²) in [4.78, 5) is 19.1. The number of rotatable bonds is 3. The van der Waals surface area contributed by atoms with Gasteiger partial charge in [0.05, 0.1) is 30.8 Å². The van der Waals surface area contributed by atoms with Gasteiger partial charge in [0.1, 0.15) is 0 Å². The maximum absolute atomic E-state index is 13.9. The Balaban J connectivity index is 1.32. The largest absolute Gasteiger partial charge is 0.380 e. The Labute approximate surface area is 214 Å². The van der Waals surface area contributed by atoms with Crippen molar-refractivity contribution in [1.82, 2.24) is 4.90 Å². The van der Waals surface area contributed by atoms with Crippen LogP contribution in [0.3, 0.4) is 0 Å². The number of ketones is 1. The molecule has 0 aromatic heterocycles. The first-order valence-corrected chi connectivity index (χ1v) is 13.5. The molecule has 188 valence electrons. The average molecular weight is 485 g/mol. The molecule has 2 atom stereocenters. The van der Waals surface area contributed by atoms with E-state index in [-0.39, 0.29) is 23.2 Å². The average Bonchev–Trinajstić information content (AvgIpc) is 3.32. The Morgan fingerprint density at radius 1 is 1.11 bits per heavy atom. The number of carbonyl (C=O) groups is 1. The smallest absolute Gasteiger partial charge is 0.172 e. The van der Waals surface area contributed by atoms with Crippen molar-refractivity contribution in [3.63, 3.8) is 0 Å². The topological polar surface area (TPSA) is 68.6 Å². The molecule has 3 heterocycles. The zero-order valence-corrected chi connectivity index (χ0v) is 21.6. The summed E-state index contributed by atoms with van der Waals surface area (Å²) in [6.45, 7) is 12.6. The zero-order valence-electron chi connectivity index (χ0n) is 21.6. The van der Waals surface area contributed by atoms with Gasteiger partial charge < -0.3 is 15.0 Å². The Hall–Kier alpha value is -2.88. The van der Waals surface area contributed by atoms with Gasteiger partial charge >= 0.3 is 0 Å². The summed E-state index contributed by atoms with van der Waals surface area (Å²) in [6.07, 6.45) is 3.25. The second kappa shape index (κ2) is 8.90. The van der Waals surface area contributed by atoms with Crippen LogP contribution in [-0.4, -0.2) is 62.2 Å². The number of benzene rings is 2. The number of nitrogens with zero attached hydrogens (tertiary/aromatic N) is 3. The van der Waals surface area contributed by atoms with E-state index in [1.54, 1.807) is 0 Å². The van der Waals surface area contributed by atoms with Gasteiger partial charge in [-0.2, -0.15) is 5.26 Å². The summed E-state index contributed by atoms with van der Waals surface area (Å²) in [5.74, 6) is -0.00683. The molecule has 2 aromatic carbocycles. The van der Waals surface area contributed by atoms with Crippen LogP contribution in [0.1, 0.15) is 72.1 Å². The van der Waals surface area contributed by atoms with Gasteiger partial charge in [-0.1, -0.05) is 26.8 Å². The van der Waals surface area contributed by atoms with Crippen LogP contribution in [-0.2, 0) is 16.6 Å². The molecule has 0 amide bonds. The number of hydrogen-bond acceptors (Lipinski definition) is 6. The molecule has 1 aliphatic carbocycles. The quantitative estimate of drug-likeness (QED) is 0.693. The SMILES string of the molecule is CCc1cc2c(cc1N1CCC(N3CCOCC3)CC1)C(C)(C)[C@H]1Nc3cc(C#N)ccc3[C@@H]1C2=O. The van der Waals surface area contributed by atoms with Crippen molar-refractivity contribution < 1.29 is 9.53 Å². The van der Waals surface area contributed by atoms with Crippen LogP contribution in [0.2, 0.25) is 0 Å². The van der Waals surface area contributed by atoms with Crippen LogP contribution in [0.25, 0.3) is 0 Å². The van der Waals surface area contributed by atoms with Gasteiger partial charge in [0.25, 0.3) is 0 Å². The number of ether oxygens (including phenoxy) is 1. The number of carbonyl (C=O) groups excluding carboxylic acids is 1. The molecule has 6 nitrogen and oxygen atoms in total. The first kappa shape index (κ1) is 23.5. The lowest BCUT2D eigenvalue weighted by Gasteiger charge is -2.44. The van der Waals surface area contributed by atoms with Crippen LogP contribution >= 0.6 is 0 Å². The summed E-state index contributed by atoms with van der Waals surface area (Å²) >= 11 is 0. The molecule has 2 fully saturated rings. The molecule has 0 saturated carbocycles. The third-order valence-corrected chi connectivity index (χ3v) is 9.15. The van der Waals surface area contributed by atoms with Gasteiger partial charge in [-0.05, 0) is 60.2 Å². The van der Waals surface area contributed by atoms with Crippen molar-refractivity contribution in [3.05, 3.63) is 58.1 Å². The fourth-order valence-electron chi connectivity index (χ4n) is 7.04. The van der Waals surface area contributed by atoms with Crippen molar-refractivity contribution in [2.24, 2.45) is 0 Å². The standard InChI is InChI=1S/C30H36N4O2/c1-4-20-16-23-24(17-26(20)34-9-7-21(8-10-34)33-11-13-36-14-12-33)30(2,3)29-27(28(23)35)22-6-5-19(18-31)15-25(22)32-29/h5-6,15-17,21,27,29,32H,4,7-14H2,1-3H3/t27-,29+/m1/s1. The van der Waals surface area contributed by atoms with Crippen molar-refractivity contribution in [2.75, 3.05) is 49.6 Å². The normalized spacial score (nSPS) is 25.5. The highest BCUT2D eigenvalue weighted by Crippen LogP contribution is 2.52. The summed E-state index contributed by atoms with van der Waals surface area (Å²) in [7, 11) is 0.